The first-order valence-electron chi connectivity index (χ1n) is 14.0. The fraction of sp³-hybridized carbons (Fsp3) is 0.333. The molecule has 3 aromatic rings. The number of nitrogens with zero attached hydrogens (tertiary/aromatic N) is 1. The molecule has 1 saturated carbocycles. The second-order valence-electron chi connectivity index (χ2n) is 10.2. The van der Waals surface area contributed by atoms with E-state index in [1.807, 2.05) is 60.4 Å². The number of carbonyl (C=O) groups is 2. The standard InChI is InChI=1S/C33H35FN2O3S/c1-2-39-27-17-13-23(14-18-27)19-20-35-32(37)25-15-11-24(12-16-25)21-31-33(38)36(22-26-7-3-4-8-28(26)34)29-9-5-6-10-30(29)40-31/h3-4,7-8,11-18,21,29-30H,2,5-6,9-10,19-20,22H2,1H3,(H,35,37)/b31-21+. The number of nitrogens with one attached hydrogen (secondary N) is 1. The van der Waals surface area contributed by atoms with Crippen molar-refractivity contribution in [1.82, 2.24) is 10.2 Å². The van der Waals surface area contributed by atoms with Crippen LogP contribution in [0.15, 0.2) is 77.7 Å². The van der Waals surface area contributed by atoms with Crippen LogP contribution in [0.25, 0.3) is 6.08 Å². The molecule has 1 saturated heterocycles. The van der Waals surface area contributed by atoms with Crippen LogP contribution in [0.3, 0.4) is 0 Å². The largest absolute Gasteiger partial charge is 0.494 e. The van der Waals surface area contributed by atoms with Gasteiger partial charge in [0, 0.05) is 35.5 Å². The number of hydrogen-bond donors (Lipinski definition) is 1. The summed E-state index contributed by atoms with van der Waals surface area (Å²) >= 11 is 1.65. The maximum Gasteiger partial charge on any atom is 0.260 e. The lowest BCUT2D eigenvalue weighted by molar-refractivity contribution is -0.130. The summed E-state index contributed by atoms with van der Waals surface area (Å²) in [5.41, 5.74) is 3.11. The maximum absolute atomic E-state index is 14.5. The molecule has 0 radical (unpaired) electrons. The van der Waals surface area contributed by atoms with Crippen LogP contribution < -0.4 is 10.1 Å². The molecule has 2 atom stereocenters. The van der Waals surface area contributed by atoms with Gasteiger partial charge in [-0.3, -0.25) is 9.59 Å². The minimum absolute atomic E-state index is 0.0486. The highest BCUT2D eigenvalue weighted by atomic mass is 32.2. The molecule has 208 valence electrons. The van der Waals surface area contributed by atoms with Gasteiger partial charge in [0.1, 0.15) is 11.6 Å². The van der Waals surface area contributed by atoms with Crippen molar-refractivity contribution in [2.24, 2.45) is 0 Å². The molecule has 1 aliphatic carbocycles. The number of benzene rings is 3. The Morgan fingerprint density at radius 1 is 1.05 bits per heavy atom. The summed E-state index contributed by atoms with van der Waals surface area (Å²) in [4.78, 5) is 28.8. The molecule has 5 nitrogen and oxygen atoms in total. The summed E-state index contributed by atoms with van der Waals surface area (Å²) in [6.45, 7) is 3.40. The molecule has 2 aliphatic rings. The van der Waals surface area contributed by atoms with Gasteiger partial charge >= 0.3 is 0 Å². The van der Waals surface area contributed by atoms with Crippen LogP contribution in [0.1, 0.15) is 59.7 Å². The van der Waals surface area contributed by atoms with Gasteiger partial charge in [0.05, 0.1) is 11.5 Å². The zero-order chi connectivity index (χ0) is 27.9. The minimum atomic E-state index is -0.278. The first kappa shape index (κ1) is 28.0. The molecule has 2 fully saturated rings. The average molecular weight is 559 g/mol. The Hall–Kier alpha value is -3.58. The number of ether oxygens (including phenoxy) is 1. The Bertz CT molecular complexity index is 1360. The van der Waals surface area contributed by atoms with Gasteiger partial charge in [0.25, 0.3) is 11.8 Å². The average Bonchev–Trinajstić information content (AvgIpc) is 2.97. The van der Waals surface area contributed by atoms with Crippen molar-refractivity contribution >= 4 is 29.7 Å². The number of hydrogen-bond acceptors (Lipinski definition) is 4. The normalized spacial score (nSPS) is 19.8. The topological polar surface area (TPSA) is 58.6 Å². The van der Waals surface area contributed by atoms with Gasteiger partial charge in [-0.05, 0) is 73.7 Å². The van der Waals surface area contributed by atoms with Crippen LogP contribution in [0.5, 0.6) is 5.75 Å². The molecule has 5 rings (SSSR count). The molecule has 1 N–H and O–H groups in total. The van der Waals surface area contributed by atoms with E-state index in [4.69, 9.17) is 4.74 Å². The van der Waals surface area contributed by atoms with E-state index in [1.165, 1.54) is 6.07 Å². The Labute approximate surface area is 239 Å². The molecule has 0 bridgehead atoms. The molecule has 40 heavy (non-hydrogen) atoms. The lowest BCUT2D eigenvalue weighted by Crippen LogP contribution is -2.50. The zero-order valence-corrected chi connectivity index (χ0v) is 23.6. The Morgan fingerprint density at radius 3 is 2.55 bits per heavy atom. The second kappa shape index (κ2) is 13.2. The molecular formula is C33H35FN2O3S. The van der Waals surface area contributed by atoms with Crippen molar-refractivity contribution in [1.29, 1.82) is 0 Å². The van der Waals surface area contributed by atoms with Crippen molar-refractivity contribution in [2.75, 3.05) is 13.2 Å². The number of rotatable bonds is 9. The van der Waals surface area contributed by atoms with E-state index in [0.29, 0.717) is 34.4 Å². The molecule has 3 aromatic carbocycles. The lowest BCUT2D eigenvalue weighted by Gasteiger charge is -2.44. The SMILES string of the molecule is CCOc1ccc(CCNC(=O)c2ccc(/C=C3/SC4CCCCC4N(Cc4ccccc4F)C3=O)cc2)cc1. The second-order valence-corrected chi connectivity index (χ2v) is 11.5. The van der Waals surface area contributed by atoms with Crippen molar-refractivity contribution in [3.8, 4) is 5.75 Å². The molecule has 2 unspecified atom stereocenters. The van der Waals surface area contributed by atoms with Gasteiger partial charge in [0.15, 0.2) is 0 Å². The van der Waals surface area contributed by atoms with E-state index in [2.05, 4.69) is 5.32 Å². The van der Waals surface area contributed by atoms with Crippen molar-refractivity contribution in [2.45, 2.75) is 56.9 Å². The maximum atomic E-state index is 14.5. The van der Waals surface area contributed by atoms with E-state index in [9.17, 15) is 14.0 Å². The number of carbonyl (C=O) groups excluding carboxylic acids is 2. The lowest BCUT2D eigenvalue weighted by atomic mass is 9.92. The van der Waals surface area contributed by atoms with Gasteiger partial charge in [-0.2, -0.15) is 0 Å². The van der Waals surface area contributed by atoms with Crippen molar-refractivity contribution in [3.05, 3.63) is 106 Å². The zero-order valence-electron chi connectivity index (χ0n) is 22.8. The summed E-state index contributed by atoms with van der Waals surface area (Å²) in [6.07, 6.45) is 6.86. The fourth-order valence-corrected chi connectivity index (χ4v) is 6.87. The molecule has 7 heteroatoms. The van der Waals surface area contributed by atoms with E-state index >= 15 is 0 Å². The first-order valence-corrected chi connectivity index (χ1v) is 14.9. The van der Waals surface area contributed by atoms with E-state index in [0.717, 1.165) is 49.0 Å². The van der Waals surface area contributed by atoms with Gasteiger partial charge in [0.2, 0.25) is 0 Å². The fourth-order valence-electron chi connectivity index (χ4n) is 5.40. The quantitative estimate of drug-likeness (QED) is 0.300. The van der Waals surface area contributed by atoms with Crippen LogP contribution in [0.2, 0.25) is 0 Å². The highest BCUT2D eigenvalue weighted by Crippen LogP contribution is 2.42. The van der Waals surface area contributed by atoms with E-state index < -0.39 is 0 Å². The van der Waals surface area contributed by atoms with Gasteiger partial charge in [-0.15, -0.1) is 11.8 Å². The third kappa shape index (κ3) is 6.76. The predicted molar refractivity (Wildman–Crippen MR) is 159 cm³/mol. The van der Waals surface area contributed by atoms with Crippen LogP contribution in [0.4, 0.5) is 4.39 Å². The summed E-state index contributed by atoms with van der Waals surface area (Å²) in [5, 5.41) is 3.29. The van der Waals surface area contributed by atoms with Crippen LogP contribution in [-0.2, 0) is 17.8 Å². The smallest absolute Gasteiger partial charge is 0.260 e. The van der Waals surface area contributed by atoms with Gasteiger partial charge < -0.3 is 15.0 Å². The molecule has 0 aromatic heterocycles. The number of fused-ring (bicyclic) bond motifs is 1. The number of amides is 2. The van der Waals surface area contributed by atoms with Crippen LogP contribution in [-0.4, -0.2) is 41.2 Å². The molecule has 1 heterocycles. The molecule has 0 spiro atoms. The predicted octanol–water partition coefficient (Wildman–Crippen LogP) is 6.62. The van der Waals surface area contributed by atoms with Gasteiger partial charge in [-0.1, -0.05) is 55.3 Å². The summed E-state index contributed by atoms with van der Waals surface area (Å²) in [5.74, 6) is 0.386. The van der Waals surface area contributed by atoms with Crippen molar-refractivity contribution < 1.29 is 18.7 Å². The first-order chi connectivity index (χ1) is 19.5. The highest BCUT2D eigenvalue weighted by molar-refractivity contribution is 8.04. The van der Waals surface area contributed by atoms with E-state index in [1.54, 1.807) is 36.0 Å². The number of thioether (sulfide) groups is 1. The molecule has 2 amide bonds. The summed E-state index contributed by atoms with van der Waals surface area (Å²) in [7, 11) is 0. The third-order valence-corrected chi connectivity index (χ3v) is 8.92. The third-order valence-electron chi connectivity index (χ3n) is 7.52. The summed E-state index contributed by atoms with van der Waals surface area (Å²) in [6, 6.07) is 22.0. The monoisotopic (exact) mass is 558 g/mol. The summed E-state index contributed by atoms with van der Waals surface area (Å²) < 4.78 is 19.9. The van der Waals surface area contributed by atoms with Crippen LogP contribution in [0, 0.1) is 5.82 Å². The Morgan fingerprint density at radius 2 is 1.80 bits per heavy atom. The van der Waals surface area contributed by atoms with Gasteiger partial charge in [-0.25, -0.2) is 4.39 Å². The van der Waals surface area contributed by atoms with Crippen molar-refractivity contribution in [3.63, 3.8) is 0 Å². The number of halogens is 1. The van der Waals surface area contributed by atoms with Crippen LogP contribution >= 0.6 is 11.8 Å². The van der Waals surface area contributed by atoms with E-state index in [-0.39, 0.29) is 30.2 Å². The Kier molecular flexibility index (Phi) is 9.22. The Balaban J connectivity index is 1.23. The minimum Gasteiger partial charge on any atom is -0.494 e. The molecular weight excluding hydrogens is 523 g/mol. The molecule has 1 aliphatic heterocycles. The highest BCUT2D eigenvalue weighted by Gasteiger charge is 2.40.